The van der Waals surface area contributed by atoms with Crippen molar-refractivity contribution in [2.45, 2.75) is 64.4 Å². The molecule has 1 aliphatic rings. The molecule has 0 amide bonds. The second-order valence-electron chi connectivity index (χ2n) is 6.26. The van der Waals surface area contributed by atoms with E-state index in [1.165, 1.54) is 37.7 Å². The smallest absolute Gasteiger partial charge is 0.0896 e. The van der Waals surface area contributed by atoms with Gasteiger partial charge in [-0.25, -0.2) is 0 Å². The van der Waals surface area contributed by atoms with Crippen molar-refractivity contribution in [3.63, 3.8) is 0 Å². The summed E-state index contributed by atoms with van der Waals surface area (Å²) in [6.07, 6.45) is 6.20. The van der Waals surface area contributed by atoms with E-state index in [0.717, 1.165) is 5.56 Å². The highest BCUT2D eigenvalue weighted by molar-refractivity contribution is 5.29. The van der Waals surface area contributed by atoms with Crippen LogP contribution in [0, 0.1) is 5.92 Å². The fourth-order valence-electron chi connectivity index (χ4n) is 3.11. The molecule has 100 valence electrons. The average molecular weight is 246 g/mol. The molecule has 0 bridgehead atoms. The van der Waals surface area contributed by atoms with Crippen molar-refractivity contribution < 1.29 is 5.11 Å². The number of aliphatic hydroxyl groups is 1. The molecule has 1 heteroatoms. The molecule has 0 radical (unpaired) electrons. The molecule has 0 aromatic heterocycles. The summed E-state index contributed by atoms with van der Waals surface area (Å²) >= 11 is 0. The van der Waals surface area contributed by atoms with Crippen LogP contribution in [0.4, 0.5) is 0 Å². The van der Waals surface area contributed by atoms with E-state index < -0.39 is 5.60 Å². The zero-order chi connectivity index (χ0) is 13.2. The molecule has 0 spiro atoms. The molecule has 0 heterocycles. The minimum Gasteiger partial charge on any atom is -0.385 e. The molecule has 18 heavy (non-hydrogen) atoms. The molecule has 1 saturated carbocycles. The van der Waals surface area contributed by atoms with Crippen LogP contribution >= 0.6 is 0 Å². The van der Waals surface area contributed by atoms with Crippen molar-refractivity contribution in [1.82, 2.24) is 0 Å². The summed E-state index contributed by atoms with van der Waals surface area (Å²) in [6, 6.07) is 8.56. The van der Waals surface area contributed by atoms with E-state index in [2.05, 4.69) is 38.1 Å². The fourth-order valence-corrected chi connectivity index (χ4v) is 3.11. The summed E-state index contributed by atoms with van der Waals surface area (Å²) in [4.78, 5) is 0. The van der Waals surface area contributed by atoms with Crippen molar-refractivity contribution in [3.8, 4) is 0 Å². The van der Waals surface area contributed by atoms with Gasteiger partial charge in [0.05, 0.1) is 5.60 Å². The molecule has 1 N–H and O–H groups in total. The molecule has 1 unspecified atom stereocenters. The van der Waals surface area contributed by atoms with Crippen LogP contribution in [0.25, 0.3) is 0 Å². The zero-order valence-corrected chi connectivity index (χ0v) is 11.9. The van der Waals surface area contributed by atoms with Gasteiger partial charge in [0.1, 0.15) is 0 Å². The first-order valence-corrected chi connectivity index (χ1v) is 7.34. The lowest BCUT2D eigenvalue weighted by molar-refractivity contribution is -0.0215. The van der Waals surface area contributed by atoms with Gasteiger partial charge in [0, 0.05) is 0 Å². The standard InChI is InChI=1S/C17H26O/c1-13(2)14-9-11-16(12-10-14)17(3,18)15-7-5-4-6-8-15/h9-13,15,18H,4-8H2,1-3H3. The van der Waals surface area contributed by atoms with Gasteiger partial charge in [-0.05, 0) is 42.7 Å². The lowest BCUT2D eigenvalue weighted by Crippen LogP contribution is -2.33. The summed E-state index contributed by atoms with van der Waals surface area (Å²) in [5, 5.41) is 10.8. The Morgan fingerprint density at radius 2 is 1.61 bits per heavy atom. The Morgan fingerprint density at radius 1 is 1.06 bits per heavy atom. The quantitative estimate of drug-likeness (QED) is 0.826. The third-order valence-corrected chi connectivity index (χ3v) is 4.56. The van der Waals surface area contributed by atoms with Gasteiger partial charge in [0.2, 0.25) is 0 Å². The third kappa shape index (κ3) is 2.77. The number of benzene rings is 1. The lowest BCUT2D eigenvalue weighted by atomic mass is 9.74. The second-order valence-corrected chi connectivity index (χ2v) is 6.26. The van der Waals surface area contributed by atoms with E-state index in [-0.39, 0.29) is 0 Å². The highest BCUT2D eigenvalue weighted by Gasteiger charge is 2.34. The molecule has 1 atom stereocenters. The Kier molecular flexibility index (Phi) is 4.11. The van der Waals surface area contributed by atoms with E-state index in [1.807, 2.05) is 6.92 Å². The summed E-state index contributed by atoms with van der Waals surface area (Å²) in [5.74, 6) is 0.981. The number of hydrogen-bond acceptors (Lipinski definition) is 1. The van der Waals surface area contributed by atoms with Gasteiger partial charge >= 0.3 is 0 Å². The Bertz CT molecular complexity index is 369. The fraction of sp³-hybridized carbons (Fsp3) is 0.647. The topological polar surface area (TPSA) is 20.2 Å². The predicted molar refractivity (Wildman–Crippen MR) is 76.7 cm³/mol. The average Bonchev–Trinajstić information content (AvgIpc) is 2.40. The molecule has 1 aromatic rings. The SMILES string of the molecule is CC(C)c1ccc(C(C)(O)C2CCCCC2)cc1. The molecule has 0 saturated heterocycles. The predicted octanol–water partition coefficient (Wildman–Crippen LogP) is 4.60. The number of hydrogen-bond donors (Lipinski definition) is 1. The molecule has 1 nitrogen and oxygen atoms in total. The van der Waals surface area contributed by atoms with E-state index in [0.29, 0.717) is 11.8 Å². The normalized spacial score (nSPS) is 20.9. The monoisotopic (exact) mass is 246 g/mol. The summed E-state index contributed by atoms with van der Waals surface area (Å²) in [5.41, 5.74) is 1.77. The molecular weight excluding hydrogens is 220 g/mol. The second kappa shape index (κ2) is 5.44. The molecule has 1 aromatic carbocycles. The van der Waals surface area contributed by atoms with Crippen molar-refractivity contribution >= 4 is 0 Å². The Labute approximate surface area is 111 Å². The van der Waals surface area contributed by atoms with Crippen LogP contribution in [0.2, 0.25) is 0 Å². The largest absolute Gasteiger partial charge is 0.385 e. The van der Waals surface area contributed by atoms with Gasteiger partial charge in [0.25, 0.3) is 0 Å². The van der Waals surface area contributed by atoms with Crippen LogP contribution in [0.5, 0.6) is 0 Å². The number of rotatable bonds is 3. The Morgan fingerprint density at radius 3 is 2.11 bits per heavy atom. The zero-order valence-electron chi connectivity index (χ0n) is 11.9. The minimum atomic E-state index is -0.657. The lowest BCUT2D eigenvalue weighted by Gasteiger charge is -2.36. The van der Waals surface area contributed by atoms with Gasteiger partial charge in [-0.15, -0.1) is 0 Å². The maximum Gasteiger partial charge on any atom is 0.0896 e. The van der Waals surface area contributed by atoms with Crippen LogP contribution < -0.4 is 0 Å². The van der Waals surface area contributed by atoms with Crippen molar-refractivity contribution in [1.29, 1.82) is 0 Å². The van der Waals surface area contributed by atoms with Crippen LogP contribution in [-0.4, -0.2) is 5.11 Å². The highest BCUT2D eigenvalue weighted by atomic mass is 16.3. The third-order valence-electron chi connectivity index (χ3n) is 4.56. The Hall–Kier alpha value is -0.820. The van der Waals surface area contributed by atoms with Crippen LogP contribution in [0.3, 0.4) is 0 Å². The van der Waals surface area contributed by atoms with Gasteiger partial charge in [-0.1, -0.05) is 57.4 Å². The molecule has 1 aliphatic carbocycles. The molecule has 2 rings (SSSR count). The first kappa shape index (κ1) is 13.6. The van der Waals surface area contributed by atoms with Gasteiger partial charge < -0.3 is 5.11 Å². The van der Waals surface area contributed by atoms with Gasteiger partial charge in [-0.2, -0.15) is 0 Å². The first-order valence-electron chi connectivity index (χ1n) is 7.34. The van der Waals surface area contributed by atoms with Gasteiger partial charge in [-0.3, -0.25) is 0 Å². The molecule has 1 fully saturated rings. The van der Waals surface area contributed by atoms with Crippen LogP contribution in [0.15, 0.2) is 24.3 Å². The minimum absolute atomic E-state index is 0.427. The van der Waals surface area contributed by atoms with E-state index in [4.69, 9.17) is 0 Å². The van der Waals surface area contributed by atoms with E-state index >= 15 is 0 Å². The van der Waals surface area contributed by atoms with Crippen molar-refractivity contribution in [2.75, 3.05) is 0 Å². The Balaban J connectivity index is 2.17. The first-order chi connectivity index (χ1) is 8.51. The van der Waals surface area contributed by atoms with E-state index in [1.54, 1.807) is 0 Å². The van der Waals surface area contributed by atoms with E-state index in [9.17, 15) is 5.11 Å². The molecule has 0 aliphatic heterocycles. The van der Waals surface area contributed by atoms with Gasteiger partial charge in [0.15, 0.2) is 0 Å². The highest BCUT2D eigenvalue weighted by Crippen LogP contribution is 2.39. The van der Waals surface area contributed by atoms with Crippen molar-refractivity contribution in [2.24, 2.45) is 5.92 Å². The maximum absolute atomic E-state index is 10.8. The van der Waals surface area contributed by atoms with Crippen molar-refractivity contribution in [3.05, 3.63) is 35.4 Å². The van der Waals surface area contributed by atoms with Crippen LogP contribution in [0.1, 0.15) is 69.9 Å². The molecular formula is C17H26O. The summed E-state index contributed by atoms with van der Waals surface area (Å²) in [7, 11) is 0. The summed E-state index contributed by atoms with van der Waals surface area (Å²) in [6.45, 7) is 6.40. The van der Waals surface area contributed by atoms with Crippen LogP contribution in [-0.2, 0) is 5.60 Å². The summed E-state index contributed by atoms with van der Waals surface area (Å²) < 4.78 is 0. The maximum atomic E-state index is 10.8.